The van der Waals surface area contributed by atoms with E-state index in [4.69, 9.17) is 9.73 Å². The van der Waals surface area contributed by atoms with Gasteiger partial charge in [-0.05, 0) is 31.2 Å². The summed E-state index contributed by atoms with van der Waals surface area (Å²) in [6, 6.07) is 10.7. The molecular weight excluding hydrogens is 314 g/mol. The summed E-state index contributed by atoms with van der Waals surface area (Å²) in [5.41, 5.74) is 1.59. The third kappa shape index (κ3) is 3.80. The first-order chi connectivity index (χ1) is 12.1. The van der Waals surface area contributed by atoms with Crippen molar-refractivity contribution in [2.45, 2.75) is 32.1 Å². The number of nitrogens with one attached hydrogen (secondary N) is 1. The van der Waals surface area contributed by atoms with Crippen molar-refractivity contribution in [2.75, 3.05) is 33.3 Å². The fraction of sp³-hybridized carbons (Fsp3) is 0.600. The molecule has 0 amide bonds. The minimum atomic E-state index is -0.117. The number of carbonyl (C=O) groups excluding carboxylic acids is 1. The first-order valence-electron chi connectivity index (χ1n) is 9.26. The van der Waals surface area contributed by atoms with Gasteiger partial charge in [0.15, 0.2) is 5.96 Å². The van der Waals surface area contributed by atoms with Gasteiger partial charge in [-0.25, -0.2) is 0 Å². The topological polar surface area (TPSA) is 53.9 Å². The average molecular weight is 343 g/mol. The number of benzene rings is 1. The summed E-state index contributed by atoms with van der Waals surface area (Å²) in [4.78, 5) is 19.1. The van der Waals surface area contributed by atoms with E-state index >= 15 is 0 Å². The number of methoxy groups -OCH3 is 1. The Hall–Kier alpha value is -2.04. The number of likely N-dealkylation sites (tertiary alicyclic amines) is 1. The molecule has 25 heavy (non-hydrogen) atoms. The molecule has 5 nitrogen and oxygen atoms in total. The molecule has 0 radical (unpaired) electrons. The number of esters is 1. The maximum absolute atomic E-state index is 12.0. The van der Waals surface area contributed by atoms with Crippen LogP contribution in [-0.2, 0) is 14.9 Å². The molecule has 5 heteroatoms. The number of hydrogen-bond acceptors (Lipinski definition) is 3. The van der Waals surface area contributed by atoms with Crippen LogP contribution >= 0.6 is 0 Å². The highest BCUT2D eigenvalue weighted by Crippen LogP contribution is 2.48. The number of nitrogens with zero attached hydrogens (tertiary/aromatic N) is 2. The van der Waals surface area contributed by atoms with Gasteiger partial charge in [-0.15, -0.1) is 0 Å². The lowest BCUT2D eigenvalue weighted by Gasteiger charge is -2.23. The third-order valence-electron chi connectivity index (χ3n) is 5.52. The zero-order chi connectivity index (χ0) is 17.9. The Kier molecular flexibility index (Phi) is 5.30. The van der Waals surface area contributed by atoms with E-state index in [9.17, 15) is 4.79 Å². The van der Waals surface area contributed by atoms with Gasteiger partial charge in [-0.1, -0.05) is 37.3 Å². The van der Waals surface area contributed by atoms with Crippen LogP contribution in [0.1, 0.15) is 32.3 Å². The molecule has 136 valence electrons. The molecule has 1 aromatic rings. The predicted octanol–water partition coefficient (Wildman–Crippen LogP) is 2.42. The molecule has 2 fully saturated rings. The number of guanidine groups is 1. The minimum absolute atomic E-state index is 0.0714. The summed E-state index contributed by atoms with van der Waals surface area (Å²) in [5, 5.41) is 3.40. The lowest BCUT2D eigenvalue weighted by molar-refractivity contribution is -0.145. The first-order valence-corrected chi connectivity index (χ1v) is 9.26. The van der Waals surface area contributed by atoms with Gasteiger partial charge >= 0.3 is 5.97 Å². The molecule has 1 aliphatic heterocycles. The van der Waals surface area contributed by atoms with Crippen LogP contribution in [0.25, 0.3) is 0 Å². The quantitative estimate of drug-likeness (QED) is 0.507. The summed E-state index contributed by atoms with van der Waals surface area (Å²) < 4.78 is 4.95. The van der Waals surface area contributed by atoms with Crippen LogP contribution in [-0.4, -0.2) is 50.1 Å². The van der Waals surface area contributed by atoms with Crippen LogP contribution in [0.3, 0.4) is 0 Å². The normalized spacial score (nSPS) is 24.9. The number of ether oxygens (including phenoxy) is 1. The van der Waals surface area contributed by atoms with E-state index in [1.54, 1.807) is 0 Å². The number of carbonyl (C=O) groups is 1. The van der Waals surface area contributed by atoms with Crippen molar-refractivity contribution in [3.8, 4) is 0 Å². The van der Waals surface area contributed by atoms with Gasteiger partial charge in [0.2, 0.25) is 0 Å². The third-order valence-corrected chi connectivity index (χ3v) is 5.52. The molecule has 2 aliphatic rings. The van der Waals surface area contributed by atoms with Gasteiger partial charge in [0, 0.05) is 25.0 Å². The molecule has 3 rings (SSSR count). The molecule has 0 spiro atoms. The Balaban J connectivity index is 1.71. The standard InChI is InChI=1S/C20H29N3O2/c1-4-21-19(23-12-15(2)17(13-23)18(24)25-3)22-14-20(10-11-20)16-8-6-5-7-9-16/h5-9,15,17H,4,10-14H2,1-3H3,(H,21,22). The number of rotatable bonds is 5. The SMILES string of the molecule is CCNC(=NCC1(c2ccccc2)CC1)N1CC(C)C(C(=O)OC)C1. The van der Waals surface area contributed by atoms with Crippen molar-refractivity contribution in [3.05, 3.63) is 35.9 Å². The second-order valence-corrected chi connectivity index (χ2v) is 7.33. The van der Waals surface area contributed by atoms with Crippen LogP contribution in [0.15, 0.2) is 35.3 Å². The highest BCUT2D eigenvalue weighted by molar-refractivity contribution is 5.82. The van der Waals surface area contributed by atoms with E-state index in [1.807, 2.05) is 0 Å². The number of hydrogen-bond donors (Lipinski definition) is 1. The first kappa shape index (κ1) is 17.8. The Morgan fingerprint density at radius 3 is 2.64 bits per heavy atom. The summed E-state index contributed by atoms with van der Waals surface area (Å²) in [6.45, 7) is 7.33. The van der Waals surface area contributed by atoms with E-state index < -0.39 is 0 Å². The molecule has 2 atom stereocenters. The molecule has 0 aromatic heterocycles. The summed E-state index contributed by atoms with van der Waals surface area (Å²) in [7, 11) is 1.47. The molecule has 1 saturated carbocycles. The van der Waals surface area contributed by atoms with Crippen LogP contribution in [0.2, 0.25) is 0 Å². The second kappa shape index (κ2) is 7.46. The molecule has 2 unspecified atom stereocenters. The fourth-order valence-electron chi connectivity index (χ4n) is 3.73. The maximum Gasteiger partial charge on any atom is 0.310 e. The molecule has 0 bridgehead atoms. The summed E-state index contributed by atoms with van der Waals surface area (Å²) in [6.07, 6.45) is 2.39. The van der Waals surface area contributed by atoms with Crippen LogP contribution in [0.5, 0.6) is 0 Å². The Bertz CT molecular complexity index is 625. The van der Waals surface area contributed by atoms with Crippen LogP contribution < -0.4 is 5.32 Å². The van der Waals surface area contributed by atoms with Gasteiger partial charge in [-0.2, -0.15) is 0 Å². The van der Waals surface area contributed by atoms with Gasteiger partial charge in [-0.3, -0.25) is 9.79 Å². The monoisotopic (exact) mass is 343 g/mol. The second-order valence-electron chi connectivity index (χ2n) is 7.33. The highest BCUT2D eigenvalue weighted by Gasteiger charge is 2.44. The minimum Gasteiger partial charge on any atom is -0.469 e. The van der Waals surface area contributed by atoms with Crippen molar-refractivity contribution >= 4 is 11.9 Å². The van der Waals surface area contributed by atoms with Crippen molar-refractivity contribution in [1.29, 1.82) is 0 Å². The predicted molar refractivity (Wildman–Crippen MR) is 99.6 cm³/mol. The number of aliphatic imine (C=N–C) groups is 1. The maximum atomic E-state index is 12.0. The van der Waals surface area contributed by atoms with Crippen molar-refractivity contribution in [1.82, 2.24) is 10.2 Å². The molecule has 1 N–H and O–H groups in total. The fourth-order valence-corrected chi connectivity index (χ4v) is 3.73. The van der Waals surface area contributed by atoms with Gasteiger partial charge in [0.05, 0.1) is 19.6 Å². The highest BCUT2D eigenvalue weighted by atomic mass is 16.5. The lowest BCUT2D eigenvalue weighted by Crippen LogP contribution is -2.41. The zero-order valence-corrected chi connectivity index (χ0v) is 15.5. The molecule has 1 aliphatic carbocycles. The van der Waals surface area contributed by atoms with E-state index in [2.05, 4.69) is 54.4 Å². The average Bonchev–Trinajstić information content (AvgIpc) is 3.34. The van der Waals surface area contributed by atoms with Crippen molar-refractivity contribution in [2.24, 2.45) is 16.8 Å². The summed E-state index contributed by atoms with van der Waals surface area (Å²) in [5.74, 6) is 1.01. The lowest BCUT2D eigenvalue weighted by atomic mass is 9.96. The van der Waals surface area contributed by atoms with Gasteiger partial charge < -0.3 is 15.0 Å². The van der Waals surface area contributed by atoms with E-state index in [-0.39, 0.29) is 23.2 Å². The van der Waals surface area contributed by atoms with Crippen LogP contribution in [0, 0.1) is 11.8 Å². The Labute approximate surface area is 150 Å². The van der Waals surface area contributed by atoms with Crippen molar-refractivity contribution in [3.63, 3.8) is 0 Å². The van der Waals surface area contributed by atoms with E-state index in [0.29, 0.717) is 6.54 Å². The van der Waals surface area contributed by atoms with Gasteiger partial charge in [0.25, 0.3) is 0 Å². The van der Waals surface area contributed by atoms with E-state index in [0.717, 1.165) is 25.6 Å². The Morgan fingerprint density at radius 1 is 1.32 bits per heavy atom. The van der Waals surface area contributed by atoms with Crippen molar-refractivity contribution < 1.29 is 9.53 Å². The van der Waals surface area contributed by atoms with Crippen LogP contribution in [0.4, 0.5) is 0 Å². The zero-order valence-electron chi connectivity index (χ0n) is 15.5. The molecule has 1 aromatic carbocycles. The Morgan fingerprint density at radius 2 is 2.04 bits per heavy atom. The van der Waals surface area contributed by atoms with Gasteiger partial charge in [0.1, 0.15) is 0 Å². The largest absolute Gasteiger partial charge is 0.469 e. The summed E-state index contributed by atoms with van der Waals surface area (Å²) >= 11 is 0. The molecular formula is C20H29N3O2. The smallest absolute Gasteiger partial charge is 0.310 e. The van der Waals surface area contributed by atoms with E-state index in [1.165, 1.54) is 25.5 Å². The molecule has 1 saturated heterocycles. The molecule has 1 heterocycles.